The molecule has 2 aromatic carbocycles. The van der Waals surface area contributed by atoms with E-state index in [0.29, 0.717) is 4.90 Å². The van der Waals surface area contributed by atoms with Crippen LogP contribution in [0.3, 0.4) is 0 Å². The lowest BCUT2D eigenvalue weighted by molar-refractivity contribution is 0.204. The van der Waals surface area contributed by atoms with Gasteiger partial charge in [-0.3, -0.25) is 0 Å². The zero-order valence-corrected chi connectivity index (χ0v) is 13.3. The van der Waals surface area contributed by atoms with Crippen LogP contribution >= 0.6 is 0 Å². The monoisotopic (exact) mass is 303 g/mol. The summed E-state index contributed by atoms with van der Waals surface area (Å²) in [5.41, 5.74) is 0. The van der Waals surface area contributed by atoms with E-state index in [9.17, 15) is 8.42 Å². The Balaban J connectivity index is 2.07. The van der Waals surface area contributed by atoms with Gasteiger partial charge in [0.1, 0.15) is 0 Å². The van der Waals surface area contributed by atoms with Crippen molar-refractivity contribution in [2.75, 3.05) is 0 Å². The first-order valence-corrected chi connectivity index (χ1v) is 8.96. The Morgan fingerprint density at radius 1 is 0.952 bits per heavy atom. The lowest BCUT2D eigenvalue weighted by Gasteiger charge is -2.37. The fourth-order valence-corrected chi connectivity index (χ4v) is 5.24. The maximum Gasteiger partial charge on any atom is 0.243 e. The summed E-state index contributed by atoms with van der Waals surface area (Å²) >= 11 is 0. The van der Waals surface area contributed by atoms with Crippen LogP contribution in [0.4, 0.5) is 0 Å². The van der Waals surface area contributed by atoms with Gasteiger partial charge in [-0.2, -0.15) is 4.31 Å². The predicted octanol–water partition coefficient (Wildman–Crippen LogP) is 3.79. The number of rotatable bonds is 2. The molecule has 0 aromatic heterocycles. The van der Waals surface area contributed by atoms with Gasteiger partial charge >= 0.3 is 0 Å². The molecule has 1 fully saturated rings. The summed E-state index contributed by atoms with van der Waals surface area (Å²) in [7, 11) is -3.42. The van der Waals surface area contributed by atoms with Gasteiger partial charge < -0.3 is 0 Å². The Morgan fingerprint density at radius 3 is 2.24 bits per heavy atom. The third-order valence-electron chi connectivity index (χ3n) is 4.41. The Hall–Kier alpha value is -1.39. The second kappa shape index (κ2) is 5.43. The zero-order valence-electron chi connectivity index (χ0n) is 12.5. The third-order valence-corrected chi connectivity index (χ3v) is 6.53. The second-order valence-electron chi connectivity index (χ2n) is 5.97. The topological polar surface area (TPSA) is 37.4 Å². The van der Waals surface area contributed by atoms with E-state index in [1.807, 2.05) is 44.2 Å². The third kappa shape index (κ3) is 2.58. The molecule has 1 aliphatic heterocycles. The summed E-state index contributed by atoms with van der Waals surface area (Å²) < 4.78 is 27.7. The minimum Gasteiger partial charge on any atom is -0.207 e. The van der Waals surface area contributed by atoms with Crippen molar-refractivity contribution in [2.24, 2.45) is 0 Å². The van der Waals surface area contributed by atoms with Crippen molar-refractivity contribution >= 4 is 20.8 Å². The number of piperidine rings is 1. The Morgan fingerprint density at radius 2 is 1.57 bits per heavy atom. The fraction of sp³-hybridized carbons (Fsp3) is 0.412. The molecule has 0 aliphatic carbocycles. The smallest absolute Gasteiger partial charge is 0.207 e. The first-order chi connectivity index (χ1) is 10.00. The molecule has 1 aliphatic rings. The molecule has 21 heavy (non-hydrogen) atoms. The van der Waals surface area contributed by atoms with Crippen LogP contribution in [0.5, 0.6) is 0 Å². The van der Waals surface area contributed by atoms with Crippen LogP contribution < -0.4 is 0 Å². The molecule has 0 N–H and O–H groups in total. The Kier molecular flexibility index (Phi) is 3.76. The van der Waals surface area contributed by atoms with E-state index in [0.717, 1.165) is 30.0 Å². The minimum atomic E-state index is -3.42. The van der Waals surface area contributed by atoms with Crippen LogP contribution in [-0.2, 0) is 10.0 Å². The molecular weight excluding hydrogens is 282 g/mol. The molecule has 3 rings (SSSR count). The number of hydrogen-bond donors (Lipinski definition) is 0. The zero-order chi connectivity index (χ0) is 15.0. The highest BCUT2D eigenvalue weighted by Crippen LogP contribution is 2.30. The molecule has 1 heterocycles. The molecule has 0 amide bonds. The average molecular weight is 303 g/mol. The summed E-state index contributed by atoms with van der Waals surface area (Å²) in [5.74, 6) is 0. The van der Waals surface area contributed by atoms with Gasteiger partial charge in [-0.25, -0.2) is 8.42 Å². The Bertz CT molecular complexity index is 744. The first-order valence-electron chi connectivity index (χ1n) is 7.52. The van der Waals surface area contributed by atoms with Gasteiger partial charge in [0.05, 0.1) is 4.90 Å². The van der Waals surface area contributed by atoms with E-state index in [1.165, 1.54) is 0 Å². The maximum absolute atomic E-state index is 13.0. The van der Waals surface area contributed by atoms with Crippen molar-refractivity contribution in [3.63, 3.8) is 0 Å². The number of benzene rings is 2. The van der Waals surface area contributed by atoms with Crippen molar-refractivity contribution < 1.29 is 8.42 Å². The fourth-order valence-electron chi connectivity index (χ4n) is 3.32. The van der Waals surface area contributed by atoms with Crippen molar-refractivity contribution in [1.82, 2.24) is 4.31 Å². The molecule has 0 bridgehead atoms. The molecule has 0 radical (unpaired) electrons. The molecule has 4 heteroatoms. The summed E-state index contributed by atoms with van der Waals surface area (Å²) in [6.45, 7) is 4.02. The number of sulfonamides is 1. The molecule has 0 unspecified atom stereocenters. The average Bonchev–Trinajstić information content (AvgIpc) is 2.46. The molecule has 0 spiro atoms. The van der Waals surface area contributed by atoms with Crippen molar-refractivity contribution in [3.8, 4) is 0 Å². The summed E-state index contributed by atoms with van der Waals surface area (Å²) in [5, 5.41) is 2.03. The van der Waals surface area contributed by atoms with Gasteiger partial charge in [0, 0.05) is 12.1 Å². The van der Waals surface area contributed by atoms with Crippen molar-refractivity contribution in [3.05, 3.63) is 42.5 Å². The predicted molar refractivity (Wildman–Crippen MR) is 85.7 cm³/mol. The first kappa shape index (κ1) is 14.5. The second-order valence-corrected chi connectivity index (χ2v) is 7.82. The Labute approximate surface area is 126 Å². The van der Waals surface area contributed by atoms with Crippen molar-refractivity contribution in [1.29, 1.82) is 0 Å². The van der Waals surface area contributed by atoms with Gasteiger partial charge in [0.2, 0.25) is 10.0 Å². The normalized spacial score (nSPS) is 24.3. The molecule has 2 aromatic rings. The summed E-state index contributed by atoms with van der Waals surface area (Å²) in [6.07, 6.45) is 2.99. The van der Waals surface area contributed by atoms with E-state index in [4.69, 9.17) is 0 Å². The minimum absolute atomic E-state index is 0.0743. The lowest BCUT2D eigenvalue weighted by atomic mass is 10.0. The van der Waals surface area contributed by atoms with Crippen LogP contribution in [0.1, 0.15) is 33.1 Å². The highest BCUT2D eigenvalue weighted by atomic mass is 32.2. The maximum atomic E-state index is 13.0. The van der Waals surface area contributed by atoms with Gasteiger partial charge in [-0.1, -0.05) is 36.8 Å². The summed E-state index contributed by atoms with van der Waals surface area (Å²) in [6, 6.07) is 13.4. The molecular formula is C17H21NO2S. The van der Waals surface area contributed by atoms with Gasteiger partial charge in [0.15, 0.2) is 0 Å². The molecule has 112 valence electrons. The van der Waals surface area contributed by atoms with Gasteiger partial charge in [0.25, 0.3) is 0 Å². The standard InChI is InChI=1S/C17H21NO2S/c1-13-6-5-7-14(2)18(13)21(19,20)17-11-10-15-8-3-4-9-16(15)12-17/h3-4,8-14H,5-7H2,1-2H3/t13-,14+. The molecule has 3 nitrogen and oxygen atoms in total. The highest BCUT2D eigenvalue weighted by molar-refractivity contribution is 7.89. The SMILES string of the molecule is C[C@@H]1CCC[C@H](C)N1S(=O)(=O)c1ccc2ccccc2c1. The van der Waals surface area contributed by atoms with E-state index >= 15 is 0 Å². The van der Waals surface area contributed by atoms with Crippen LogP contribution in [0.2, 0.25) is 0 Å². The van der Waals surface area contributed by atoms with Gasteiger partial charge in [-0.05, 0) is 49.6 Å². The molecule has 0 saturated carbocycles. The van der Waals surface area contributed by atoms with Crippen LogP contribution in [0, 0.1) is 0 Å². The van der Waals surface area contributed by atoms with Crippen molar-refractivity contribution in [2.45, 2.75) is 50.1 Å². The quantitative estimate of drug-likeness (QED) is 0.846. The van der Waals surface area contributed by atoms with E-state index in [2.05, 4.69) is 0 Å². The summed E-state index contributed by atoms with van der Waals surface area (Å²) in [4.78, 5) is 0.404. The van der Waals surface area contributed by atoms with E-state index < -0.39 is 10.0 Å². The number of hydrogen-bond acceptors (Lipinski definition) is 2. The highest BCUT2D eigenvalue weighted by Gasteiger charge is 2.35. The van der Waals surface area contributed by atoms with Crippen LogP contribution in [0.25, 0.3) is 10.8 Å². The van der Waals surface area contributed by atoms with E-state index in [1.54, 1.807) is 16.4 Å². The van der Waals surface area contributed by atoms with Crippen LogP contribution in [0.15, 0.2) is 47.4 Å². The van der Waals surface area contributed by atoms with E-state index in [-0.39, 0.29) is 12.1 Å². The number of nitrogens with zero attached hydrogens (tertiary/aromatic N) is 1. The largest absolute Gasteiger partial charge is 0.243 e. The lowest BCUT2D eigenvalue weighted by Crippen LogP contribution is -2.47. The van der Waals surface area contributed by atoms with Crippen LogP contribution in [-0.4, -0.2) is 24.8 Å². The molecule has 2 atom stereocenters. The van der Waals surface area contributed by atoms with Gasteiger partial charge in [-0.15, -0.1) is 0 Å². The number of fused-ring (bicyclic) bond motifs is 1. The molecule has 1 saturated heterocycles.